The van der Waals surface area contributed by atoms with Crippen molar-refractivity contribution in [3.63, 3.8) is 0 Å². The molecule has 0 aliphatic rings. The Bertz CT molecular complexity index is 998. The zero-order chi connectivity index (χ0) is 21.5. The second-order valence-electron chi connectivity index (χ2n) is 7.23. The van der Waals surface area contributed by atoms with E-state index >= 15 is 0 Å². The van der Waals surface area contributed by atoms with E-state index in [0.717, 1.165) is 29.0 Å². The summed E-state index contributed by atoms with van der Waals surface area (Å²) in [5.74, 6) is 0.228. The van der Waals surface area contributed by atoms with Gasteiger partial charge < -0.3 is 15.4 Å². The van der Waals surface area contributed by atoms with Gasteiger partial charge in [-0.25, -0.2) is 4.68 Å². The summed E-state index contributed by atoms with van der Waals surface area (Å²) in [6.45, 7) is 4.54. The predicted molar refractivity (Wildman–Crippen MR) is 115 cm³/mol. The Kier molecular flexibility index (Phi) is 6.85. The van der Waals surface area contributed by atoms with Crippen LogP contribution >= 0.6 is 0 Å². The summed E-state index contributed by atoms with van der Waals surface area (Å²) in [5, 5.41) is 4.25. The topological polar surface area (TPSA) is 90.5 Å². The summed E-state index contributed by atoms with van der Waals surface area (Å²) in [6, 6.07) is 14.4. The third-order valence-electron chi connectivity index (χ3n) is 4.88. The highest BCUT2D eigenvalue weighted by atomic mass is 16.5. The number of carbonyl (C=O) groups excluding carboxylic acids is 2. The Balaban J connectivity index is 1.63. The maximum atomic E-state index is 11.0. The van der Waals surface area contributed by atoms with Crippen LogP contribution in [0, 0.1) is 13.8 Å². The number of benzene rings is 2. The van der Waals surface area contributed by atoms with Gasteiger partial charge in [0.15, 0.2) is 0 Å². The molecule has 0 aliphatic heterocycles. The third-order valence-corrected chi connectivity index (χ3v) is 4.88. The lowest BCUT2D eigenvalue weighted by atomic mass is 9.98. The summed E-state index contributed by atoms with van der Waals surface area (Å²) < 4.78 is 7.67. The average molecular weight is 406 g/mol. The van der Waals surface area contributed by atoms with Gasteiger partial charge in [-0.2, -0.15) is 5.10 Å². The van der Waals surface area contributed by atoms with Crippen molar-refractivity contribution in [3.05, 3.63) is 77.1 Å². The molecule has 3 rings (SSSR count). The van der Waals surface area contributed by atoms with Gasteiger partial charge in [-0.3, -0.25) is 9.59 Å². The standard InChI is InChI=1S/C23H26N4O3/c1-17-13-22(30-11-10-26(16-28)15-23(24)29)18(2)12-20(17)14-19-4-6-21(7-5-19)27-9-3-8-25-27/h3-9,12-13,16H,10-11,14-15H2,1-2H3,(H2,24,29). The average Bonchev–Trinajstić information content (AvgIpc) is 3.25. The fraction of sp³-hybridized carbons (Fsp3) is 0.261. The van der Waals surface area contributed by atoms with E-state index in [1.165, 1.54) is 16.0 Å². The summed E-state index contributed by atoms with van der Waals surface area (Å²) in [7, 11) is 0. The summed E-state index contributed by atoms with van der Waals surface area (Å²) in [5.41, 5.74) is 10.8. The predicted octanol–water partition coefficient (Wildman–Crippen LogP) is 2.40. The number of aromatic nitrogens is 2. The van der Waals surface area contributed by atoms with Crippen molar-refractivity contribution in [2.75, 3.05) is 19.7 Å². The maximum absolute atomic E-state index is 11.0. The van der Waals surface area contributed by atoms with E-state index in [2.05, 4.69) is 42.4 Å². The maximum Gasteiger partial charge on any atom is 0.237 e. The van der Waals surface area contributed by atoms with Gasteiger partial charge in [-0.05, 0) is 66.8 Å². The van der Waals surface area contributed by atoms with E-state index in [4.69, 9.17) is 10.5 Å². The SMILES string of the molecule is Cc1cc(OCCN(C=O)CC(N)=O)c(C)cc1Cc1ccc(-n2cccn2)cc1. The molecule has 2 N–H and O–H groups in total. The Morgan fingerprint density at radius 3 is 2.60 bits per heavy atom. The minimum absolute atomic E-state index is 0.108. The molecule has 1 aromatic heterocycles. The van der Waals surface area contributed by atoms with Crippen LogP contribution in [0.25, 0.3) is 5.69 Å². The van der Waals surface area contributed by atoms with Crippen LogP contribution in [0.2, 0.25) is 0 Å². The molecule has 0 saturated heterocycles. The molecule has 7 nitrogen and oxygen atoms in total. The minimum Gasteiger partial charge on any atom is -0.491 e. The summed E-state index contributed by atoms with van der Waals surface area (Å²) in [4.78, 5) is 23.2. The molecule has 30 heavy (non-hydrogen) atoms. The number of carbonyl (C=O) groups is 2. The Hall–Kier alpha value is -3.61. The van der Waals surface area contributed by atoms with Crippen molar-refractivity contribution >= 4 is 12.3 Å². The van der Waals surface area contributed by atoms with Crippen LogP contribution in [0.15, 0.2) is 54.9 Å². The van der Waals surface area contributed by atoms with Crippen LogP contribution in [0.4, 0.5) is 0 Å². The number of primary amides is 1. The van der Waals surface area contributed by atoms with Gasteiger partial charge in [0.05, 0.1) is 18.8 Å². The van der Waals surface area contributed by atoms with Crippen LogP contribution in [0.3, 0.4) is 0 Å². The molecule has 0 bridgehead atoms. The number of amides is 2. The largest absolute Gasteiger partial charge is 0.491 e. The highest BCUT2D eigenvalue weighted by Gasteiger charge is 2.09. The van der Waals surface area contributed by atoms with Gasteiger partial charge >= 0.3 is 0 Å². The fourth-order valence-electron chi connectivity index (χ4n) is 3.25. The zero-order valence-electron chi connectivity index (χ0n) is 17.2. The first kappa shape index (κ1) is 21.1. The Morgan fingerprint density at radius 1 is 1.20 bits per heavy atom. The summed E-state index contributed by atoms with van der Waals surface area (Å²) in [6.07, 6.45) is 5.11. The first-order valence-corrected chi connectivity index (χ1v) is 9.76. The van der Waals surface area contributed by atoms with Crippen LogP contribution in [0.1, 0.15) is 22.3 Å². The van der Waals surface area contributed by atoms with Gasteiger partial charge in [-0.15, -0.1) is 0 Å². The molecular weight excluding hydrogens is 380 g/mol. The molecule has 156 valence electrons. The number of rotatable bonds is 10. The van der Waals surface area contributed by atoms with E-state index in [9.17, 15) is 9.59 Å². The summed E-state index contributed by atoms with van der Waals surface area (Å²) >= 11 is 0. The molecule has 0 saturated carbocycles. The van der Waals surface area contributed by atoms with Crippen molar-refractivity contribution in [1.29, 1.82) is 0 Å². The highest BCUT2D eigenvalue weighted by molar-refractivity contribution is 5.77. The molecule has 0 fully saturated rings. The van der Waals surface area contributed by atoms with E-state index in [-0.39, 0.29) is 6.54 Å². The molecule has 2 amide bonds. The minimum atomic E-state index is -0.545. The second-order valence-corrected chi connectivity index (χ2v) is 7.23. The smallest absolute Gasteiger partial charge is 0.237 e. The quantitative estimate of drug-likeness (QED) is 0.524. The van der Waals surface area contributed by atoms with Crippen molar-refractivity contribution in [1.82, 2.24) is 14.7 Å². The Morgan fingerprint density at radius 2 is 1.97 bits per heavy atom. The number of ether oxygens (including phenoxy) is 1. The van der Waals surface area contributed by atoms with Gasteiger partial charge in [-0.1, -0.05) is 18.2 Å². The third kappa shape index (κ3) is 5.47. The number of hydrogen-bond acceptors (Lipinski definition) is 4. The van der Waals surface area contributed by atoms with Gasteiger partial charge in [0.25, 0.3) is 0 Å². The van der Waals surface area contributed by atoms with Crippen LogP contribution in [0.5, 0.6) is 5.75 Å². The van der Waals surface area contributed by atoms with Crippen molar-refractivity contribution in [2.45, 2.75) is 20.3 Å². The van der Waals surface area contributed by atoms with Gasteiger partial charge in [0, 0.05) is 12.4 Å². The lowest BCUT2D eigenvalue weighted by Crippen LogP contribution is -2.35. The molecule has 0 aliphatic carbocycles. The molecule has 0 unspecified atom stereocenters. The normalized spacial score (nSPS) is 10.6. The number of nitrogens with two attached hydrogens (primary N) is 1. The first-order valence-electron chi connectivity index (χ1n) is 9.76. The van der Waals surface area contributed by atoms with Crippen LogP contribution in [-0.4, -0.2) is 46.7 Å². The zero-order valence-corrected chi connectivity index (χ0v) is 17.2. The molecule has 0 spiro atoms. The lowest BCUT2D eigenvalue weighted by Gasteiger charge is -2.17. The lowest BCUT2D eigenvalue weighted by molar-refractivity contribution is -0.126. The fourth-order valence-corrected chi connectivity index (χ4v) is 3.25. The Labute approximate surface area is 176 Å². The van der Waals surface area contributed by atoms with Crippen molar-refractivity contribution in [2.24, 2.45) is 5.73 Å². The van der Waals surface area contributed by atoms with Crippen molar-refractivity contribution < 1.29 is 14.3 Å². The molecule has 1 heterocycles. The van der Waals surface area contributed by atoms with Crippen LogP contribution in [-0.2, 0) is 16.0 Å². The van der Waals surface area contributed by atoms with Crippen LogP contribution < -0.4 is 10.5 Å². The van der Waals surface area contributed by atoms with E-state index < -0.39 is 5.91 Å². The van der Waals surface area contributed by atoms with E-state index in [1.807, 2.05) is 29.9 Å². The second kappa shape index (κ2) is 9.73. The van der Waals surface area contributed by atoms with Gasteiger partial charge in [0.1, 0.15) is 12.4 Å². The monoisotopic (exact) mass is 406 g/mol. The number of hydrogen-bond donors (Lipinski definition) is 1. The number of nitrogens with zero attached hydrogens (tertiary/aromatic N) is 3. The number of aryl methyl sites for hydroxylation is 2. The van der Waals surface area contributed by atoms with E-state index in [1.54, 1.807) is 6.20 Å². The highest BCUT2D eigenvalue weighted by Crippen LogP contribution is 2.25. The molecular formula is C23H26N4O3. The molecule has 3 aromatic rings. The van der Waals surface area contributed by atoms with E-state index in [0.29, 0.717) is 19.6 Å². The molecule has 7 heteroatoms. The van der Waals surface area contributed by atoms with Crippen molar-refractivity contribution in [3.8, 4) is 11.4 Å². The molecule has 0 radical (unpaired) electrons. The van der Waals surface area contributed by atoms with Gasteiger partial charge in [0.2, 0.25) is 12.3 Å². The molecule has 2 aromatic carbocycles. The first-order chi connectivity index (χ1) is 14.5. The molecule has 0 atom stereocenters.